The maximum absolute atomic E-state index is 12.6. The standard InChI is InChI=1S/C21H22Cl2N2O3/c22-15-4-1-5-16(21(15)23)24-20(26)13-25-9-2-6-17(25)14-7-8-18-19(12-14)28-11-3-10-27-18/h1,4-5,7-8,12,17H,2-3,6,9-11,13H2,(H,24,26)/p+1/t17-/m0/s1. The fraction of sp³-hybridized carbons (Fsp3) is 0.381. The van der Waals surface area contributed by atoms with E-state index in [2.05, 4.69) is 17.4 Å². The topological polar surface area (TPSA) is 52.0 Å². The Morgan fingerprint density at radius 1 is 1.11 bits per heavy atom. The second-order valence-electron chi connectivity index (χ2n) is 7.19. The van der Waals surface area contributed by atoms with E-state index < -0.39 is 0 Å². The summed E-state index contributed by atoms with van der Waals surface area (Å²) in [6, 6.07) is 11.6. The van der Waals surface area contributed by atoms with E-state index in [1.165, 1.54) is 10.5 Å². The Labute approximate surface area is 174 Å². The number of hydrogen-bond acceptors (Lipinski definition) is 3. The first-order chi connectivity index (χ1) is 13.6. The van der Waals surface area contributed by atoms with Crippen molar-refractivity contribution in [2.24, 2.45) is 0 Å². The van der Waals surface area contributed by atoms with Crippen molar-refractivity contribution in [2.75, 3.05) is 31.6 Å². The number of hydrogen-bond donors (Lipinski definition) is 2. The summed E-state index contributed by atoms with van der Waals surface area (Å²) in [7, 11) is 0. The Balaban J connectivity index is 1.46. The summed E-state index contributed by atoms with van der Waals surface area (Å²) in [6.45, 7) is 2.68. The second-order valence-corrected chi connectivity index (χ2v) is 7.97. The quantitative estimate of drug-likeness (QED) is 0.793. The molecule has 1 fully saturated rings. The third-order valence-electron chi connectivity index (χ3n) is 5.27. The van der Waals surface area contributed by atoms with Gasteiger partial charge in [-0.3, -0.25) is 4.79 Å². The molecule has 1 saturated heterocycles. The molecule has 28 heavy (non-hydrogen) atoms. The van der Waals surface area contributed by atoms with E-state index in [0.717, 1.165) is 37.3 Å². The van der Waals surface area contributed by atoms with Crippen molar-refractivity contribution >= 4 is 34.8 Å². The van der Waals surface area contributed by atoms with Crippen LogP contribution in [0.4, 0.5) is 5.69 Å². The van der Waals surface area contributed by atoms with Gasteiger partial charge >= 0.3 is 0 Å². The molecule has 2 aromatic rings. The zero-order chi connectivity index (χ0) is 19.5. The Hall–Kier alpha value is -1.95. The summed E-state index contributed by atoms with van der Waals surface area (Å²) >= 11 is 12.2. The predicted molar refractivity (Wildman–Crippen MR) is 110 cm³/mol. The molecule has 1 amide bonds. The molecular weight excluding hydrogens is 399 g/mol. The van der Waals surface area contributed by atoms with E-state index in [1.807, 2.05) is 6.07 Å². The lowest BCUT2D eigenvalue weighted by Crippen LogP contribution is -3.11. The molecule has 0 radical (unpaired) electrons. The van der Waals surface area contributed by atoms with Crippen molar-refractivity contribution in [3.63, 3.8) is 0 Å². The molecule has 148 valence electrons. The van der Waals surface area contributed by atoms with Crippen LogP contribution in [0.3, 0.4) is 0 Å². The van der Waals surface area contributed by atoms with Crippen LogP contribution in [0.1, 0.15) is 30.9 Å². The average molecular weight is 422 g/mol. The fourth-order valence-corrected chi connectivity index (χ4v) is 4.27. The van der Waals surface area contributed by atoms with Gasteiger partial charge in [-0.1, -0.05) is 29.3 Å². The molecule has 0 aliphatic carbocycles. The van der Waals surface area contributed by atoms with Crippen molar-refractivity contribution in [3.05, 3.63) is 52.0 Å². The summed E-state index contributed by atoms with van der Waals surface area (Å²) in [5, 5.41) is 3.68. The predicted octanol–water partition coefficient (Wildman–Crippen LogP) is 3.51. The minimum Gasteiger partial charge on any atom is -0.490 e. The van der Waals surface area contributed by atoms with Crippen molar-refractivity contribution in [1.29, 1.82) is 0 Å². The molecular formula is C21H23Cl2N2O3+. The summed E-state index contributed by atoms with van der Waals surface area (Å²) in [6.07, 6.45) is 3.01. The molecule has 2 aliphatic rings. The molecule has 5 nitrogen and oxygen atoms in total. The number of carbonyl (C=O) groups excluding carboxylic acids is 1. The number of nitrogens with one attached hydrogen (secondary N) is 2. The van der Waals surface area contributed by atoms with E-state index in [4.69, 9.17) is 32.7 Å². The zero-order valence-electron chi connectivity index (χ0n) is 15.5. The van der Waals surface area contributed by atoms with Crippen molar-refractivity contribution in [2.45, 2.75) is 25.3 Å². The highest BCUT2D eigenvalue weighted by Crippen LogP contribution is 2.33. The minimum atomic E-state index is -0.0691. The number of quaternary nitrogens is 1. The molecule has 7 heteroatoms. The summed E-state index contributed by atoms with van der Waals surface area (Å²) in [4.78, 5) is 13.8. The van der Waals surface area contributed by atoms with Crippen LogP contribution in [0.25, 0.3) is 0 Å². The van der Waals surface area contributed by atoms with E-state index in [1.54, 1.807) is 18.2 Å². The van der Waals surface area contributed by atoms with Crippen molar-refractivity contribution < 1.29 is 19.2 Å². The lowest BCUT2D eigenvalue weighted by Gasteiger charge is -2.22. The number of likely N-dealkylation sites (tertiary alicyclic amines) is 1. The molecule has 1 unspecified atom stereocenters. The van der Waals surface area contributed by atoms with Crippen LogP contribution in [0.15, 0.2) is 36.4 Å². The third kappa shape index (κ3) is 4.22. The Kier molecular flexibility index (Phi) is 5.95. The van der Waals surface area contributed by atoms with Gasteiger partial charge < -0.3 is 19.7 Å². The normalized spacial score (nSPS) is 21.2. The molecule has 0 spiro atoms. The highest BCUT2D eigenvalue weighted by Gasteiger charge is 2.32. The van der Waals surface area contributed by atoms with Crippen LogP contribution in [0.2, 0.25) is 10.0 Å². The number of carbonyl (C=O) groups is 1. The fourth-order valence-electron chi connectivity index (χ4n) is 3.92. The van der Waals surface area contributed by atoms with Crippen LogP contribution in [-0.4, -0.2) is 32.2 Å². The van der Waals surface area contributed by atoms with Crippen LogP contribution in [0, 0.1) is 0 Å². The first-order valence-corrected chi connectivity index (χ1v) is 10.4. The highest BCUT2D eigenvalue weighted by atomic mass is 35.5. The Bertz CT molecular complexity index is 875. The highest BCUT2D eigenvalue weighted by molar-refractivity contribution is 6.43. The maximum Gasteiger partial charge on any atom is 0.279 e. The molecule has 2 atom stereocenters. The largest absolute Gasteiger partial charge is 0.490 e. The van der Waals surface area contributed by atoms with Crippen LogP contribution < -0.4 is 19.7 Å². The van der Waals surface area contributed by atoms with Crippen LogP contribution >= 0.6 is 23.2 Å². The van der Waals surface area contributed by atoms with Gasteiger partial charge in [0.05, 0.1) is 35.5 Å². The molecule has 4 rings (SSSR count). The molecule has 2 aliphatic heterocycles. The Morgan fingerprint density at radius 3 is 2.79 bits per heavy atom. The van der Waals surface area contributed by atoms with E-state index in [-0.39, 0.29) is 11.9 Å². The minimum absolute atomic E-state index is 0.0691. The Morgan fingerprint density at radius 2 is 1.93 bits per heavy atom. The molecule has 2 aromatic carbocycles. The second kappa shape index (κ2) is 8.60. The number of ether oxygens (including phenoxy) is 2. The SMILES string of the molecule is O=C(C[NH+]1CCC[C@H]1c1ccc2c(c1)OCCCO2)Nc1cccc(Cl)c1Cl. The molecule has 2 heterocycles. The molecule has 0 bridgehead atoms. The first-order valence-electron chi connectivity index (χ1n) is 9.60. The number of fused-ring (bicyclic) bond motifs is 1. The van der Waals surface area contributed by atoms with E-state index >= 15 is 0 Å². The van der Waals surface area contributed by atoms with Gasteiger partial charge in [0.1, 0.15) is 6.04 Å². The molecule has 0 aromatic heterocycles. The van der Waals surface area contributed by atoms with Gasteiger partial charge in [0, 0.05) is 24.8 Å². The monoisotopic (exact) mass is 421 g/mol. The summed E-state index contributed by atoms with van der Waals surface area (Å²) in [5.74, 6) is 1.53. The van der Waals surface area contributed by atoms with E-state index in [0.29, 0.717) is 35.5 Å². The third-order valence-corrected chi connectivity index (χ3v) is 6.09. The summed E-state index contributed by atoms with van der Waals surface area (Å²) in [5.41, 5.74) is 1.73. The number of amides is 1. The lowest BCUT2D eigenvalue weighted by atomic mass is 10.0. The average Bonchev–Trinajstić information content (AvgIpc) is 3.00. The van der Waals surface area contributed by atoms with Gasteiger partial charge in [0.2, 0.25) is 0 Å². The van der Waals surface area contributed by atoms with Gasteiger partial charge in [-0.2, -0.15) is 0 Å². The maximum atomic E-state index is 12.6. The number of rotatable bonds is 4. The van der Waals surface area contributed by atoms with Crippen LogP contribution in [0.5, 0.6) is 11.5 Å². The lowest BCUT2D eigenvalue weighted by molar-refractivity contribution is -0.910. The number of anilines is 1. The smallest absolute Gasteiger partial charge is 0.279 e. The van der Waals surface area contributed by atoms with Gasteiger partial charge in [0.15, 0.2) is 18.0 Å². The van der Waals surface area contributed by atoms with Crippen molar-refractivity contribution in [3.8, 4) is 11.5 Å². The van der Waals surface area contributed by atoms with Gasteiger partial charge in [0.25, 0.3) is 5.91 Å². The summed E-state index contributed by atoms with van der Waals surface area (Å²) < 4.78 is 11.6. The number of benzene rings is 2. The van der Waals surface area contributed by atoms with E-state index in [9.17, 15) is 4.79 Å². The zero-order valence-corrected chi connectivity index (χ0v) is 17.0. The number of halogens is 2. The first kappa shape index (κ1) is 19.4. The molecule has 2 N–H and O–H groups in total. The van der Waals surface area contributed by atoms with Gasteiger partial charge in [-0.15, -0.1) is 0 Å². The van der Waals surface area contributed by atoms with Gasteiger partial charge in [-0.05, 0) is 30.3 Å². The van der Waals surface area contributed by atoms with Crippen molar-refractivity contribution in [1.82, 2.24) is 0 Å². The molecule has 0 saturated carbocycles. The van der Waals surface area contributed by atoms with Gasteiger partial charge in [-0.25, -0.2) is 0 Å². The van der Waals surface area contributed by atoms with Crippen LogP contribution in [-0.2, 0) is 4.79 Å².